The van der Waals surface area contributed by atoms with Gasteiger partial charge in [-0.15, -0.1) is 11.3 Å². The molecule has 1 aromatic heterocycles. The molecule has 0 saturated heterocycles. The molecule has 1 aliphatic heterocycles. The van der Waals surface area contributed by atoms with Crippen molar-refractivity contribution in [2.45, 2.75) is 32.7 Å². The lowest BCUT2D eigenvalue weighted by Gasteiger charge is -2.12. The molecule has 0 spiro atoms. The molecule has 3 nitrogen and oxygen atoms in total. The summed E-state index contributed by atoms with van der Waals surface area (Å²) < 4.78 is 0. The number of fused-ring (bicyclic) bond motifs is 1. The van der Waals surface area contributed by atoms with E-state index in [1.807, 2.05) is 0 Å². The highest BCUT2D eigenvalue weighted by molar-refractivity contribution is 7.16. The second-order valence-electron chi connectivity index (χ2n) is 4.65. The van der Waals surface area contributed by atoms with Crippen LogP contribution in [0, 0.1) is 12.8 Å². The second-order valence-corrected chi connectivity index (χ2v) is 5.75. The number of anilines is 1. The van der Waals surface area contributed by atoms with E-state index in [-0.39, 0.29) is 11.8 Å². The number of rotatable bonds is 2. The first kappa shape index (κ1) is 10.3. The minimum atomic E-state index is 0.217. The molecule has 86 valence electrons. The van der Waals surface area contributed by atoms with E-state index in [0.717, 1.165) is 37.4 Å². The number of amides is 1. The minimum absolute atomic E-state index is 0.217. The molecule has 1 saturated carbocycles. The minimum Gasteiger partial charge on any atom is -0.317 e. The van der Waals surface area contributed by atoms with Gasteiger partial charge in [0.2, 0.25) is 5.91 Å². The number of carbonyl (C=O) groups excluding carboxylic acids is 1. The van der Waals surface area contributed by atoms with Gasteiger partial charge in [0.05, 0.1) is 5.00 Å². The average molecular weight is 236 g/mol. The molecule has 0 unspecified atom stereocenters. The Morgan fingerprint density at radius 1 is 1.50 bits per heavy atom. The van der Waals surface area contributed by atoms with Crippen LogP contribution in [0.2, 0.25) is 0 Å². The van der Waals surface area contributed by atoms with Crippen LogP contribution in [0.25, 0.3) is 0 Å². The third-order valence-corrected chi connectivity index (χ3v) is 4.63. The first-order chi connectivity index (χ1) is 7.75. The van der Waals surface area contributed by atoms with Crippen molar-refractivity contribution in [3.05, 3.63) is 16.0 Å². The lowest BCUT2D eigenvalue weighted by Crippen LogP contribution is -2.22. The van der Waals surface area contributed by atoms with E-state index in [4.69, 9.17) is 0 Å². The van der Waals surface area contributed by atoms with E-state index in [1.165, 1.54) is 16.0 Å². The van der Waals surface area contributed by atoms with Crippen LogP contribution >= 0.6 is 11.3 Å². The zero-order chi connectivity index (χ0) is 11.1. The fourth-order valence-corrected chi connectivity index (χ4v) is 3.40. The van der Waals surface area contributed by atoms with Gasteiger partial charge in [-0.2, -0.15) is 0 Å². The van der Waals surface area contributed by atoms with E-state index in [2.05, 4.69) is 17.6 Å². The lowest BCUT2D eigenvalue weighted by molar-refractivity contribution is -0.117. The molecule has 3 rings (SSSR count). The van der Waals surface area contributed by atoms with Gasteiger partial charge in [0, 0.05) is 17.3 Å². The molecule has 0 radical (unpaired) electrons. The maximum absolute atomic E-state index is 11.7. The quantitative estimate of drug-likeness (QED) is 0.825. The van der Waals surface area contributed by atoms with Crippen LogP contribution in [0.5, 0.6) is 0 Å². The number of thiophene rings is 1. The molecule has 1 aliphatic carbocycles. The Balaban J connectivity index is 1.83. The maximum Gasteiger partial charge on any atom is 0.228 e. The van der Waals surface area contributed by atoms with Crippen molar-refractivity contribution in [3.8, 4) is 0 Å². The van der Waals surface area contributed by atoms with Crippen LogP contribution in [0.1, 0.15) is 28.8 Å². The van der Waals surface area contributed by atoms with Gasteiger partial charge in [-0.25, -0.2) is 0 Å². The van der Waals surface area contributed by atoms with Crippen molar-refractivity contribution >= 4 is 22.2 Å². The third-order valence-electron chi connectivity index (χ3n) is 3.38. The Bertz CT molecular complexity index is 434. The highest BCUT2D eigenvalue weighted by Gasteiger charge is 2.30. The summed E-state index contributed by atoms with van der Waals surface area (Å²) in [7, 11) is 0. The molecule has 16 heavy (non-hydrogen) atoms. The maximum atomic E-state index is 11.7. The van der Waals surface area contributed by atoms with Crippen molar-refractivity contribution in [1.29, 1.82) is 0 Å². The zero-order valence-electron chi connectivity index (χ0n) is 9.43. The summed E-state index contributed by atoms with van der Waals surface area (Å²) in [5.74, 6) is 0.506. The first-order valence-corrected chi connectivity index (χ1v) is 6.70. The predicted octanol–water partition coefficient (Wildman–Crippen LogP) is 2.05. The van der Waals surface area contributed by atoms with Crippen LogP contribution in [0.4, 0.5) is 5.00 Å². The monoisotopic (exact) mass is 236 g/mol. The molecule has 2 N–H and O–H groups in total. The third kappa shape index (κ3) is 1.76. The Morgan fingerprint density at radius 2 is 2.31 bits per heavy atom. The van der Waals surface area contributed by atoms with Crippen molar-refractivity contribution in [2.75, 3.05) is 11.9 Å². The van der Waals surface area contributed by atoms with E-state index >= 15 is 0 Å². The average Bonchev–Trinajstić information content (AvgIpc) is 3.08. The standard InChI is InChI=1S/C12H16N2OS/c1-7-9-4-5-13-6-10(9)16-12(7)14-11(15)8-2-3-8/h8,13H,2-6H2,1H3,(H,14,15). The Labute approximate surface area is 99.2 Å². The Kier molecular flexibility index (Phi) is 2.48. The molecular formula is C12H16N2OS. The number of hydrogen-bond acceptors (Lipinski definition) is 3. The topological polar surface area (TPSA) is 41.1 Å². The summed E-state index contributed by atoms with van der Waals surface area (Å²) >= 11 is 1.74. The zero-order valence-corrected chi connectivity index (χ0v) is 10.2. The van der Waals surface area contributed by atoms with Gasteiger partial charge in [-0.3, -0.25) is 4.79 Å². The van der Waals surface area contributed by atoms with E-state index < -0.39 is 0 Å². The van der Waals surface area contributed by atoms with Crippen molar-refractivity contribution in [3.63, 3.8) is 0 Å². The fraction of sp³-hybridized carbons (Fsp3) is 0.583. The Hall–Kier alpha value is -0.870. The second kappa shape index (κ2) is 3.86. The van der Waals surface area contributed by atoms with Crippen LogP contribution in [-0.2, 0) is 17.8 Å². The van der Waals surface area contributed by atoms with Gasteiger partial charge >= 0.3 is 0 Å². The summed E-state index contributed by atoms with van der Waals surface area (Å²) in [4.78, 5) is 13.1. The number of hydrogen-bond donors (Lipinski definition) is 2. The SMILES string of the molecule is Cc1c(NC(=O)C2CC2)sc2c1CCNC2. The highest BCUT2D eigenvalue weighted by atomic mass is 32.1. The lowest BCUT2D eigenvalue weighted by atomic mass is 10.1. The predicted molar refractivity (Wildman–Crippen MR) is 65.8 cm³/mol. The van der Waals surface area contributed by atoms with Crippen molar-refractivity contribution in [2.24, 2.45) is 5.92 Å². The van der Waals surface area contributed by atoms with Gasteiger partial charge < -0.3 is 10.6 Å². The molecule has 4 heteroatoms. The van der Waals surface area contributed by atoms with Gasteiger partial charge in [-0.1, -0.05) is 0 Å². The van der Waals surface area contributed by atoms with E-state index in [0.29, 0.717) is 0 Å². The van der Waals surface area contributed by atoms with Crippen LogP contribution in [0.3, 0.4) is 0 Å². The Morgan fingerprint density at radius 3 is 3.00 bits per heavy atom. The molecule has 0 bridgehead atoms. The van der Waals surface area contributed by atoms with Crippen molar-refractivity contribution < 1.29 is 4.79 Å². The molecule has 1 aromatic rings. The molecular weight excluding hydrogens is 220 g/mol. The highest BCUT2D eigenvalue weighted by Crippen LogP contribution is 2.36. The fourth-order valence-electron chi connectivity index (χ4n) is 2.17. The largest absolute Gasteiger partial charge is 0.317 e. The van der Waals surface area contributed by atoms with E-state index in [1.54, 1.807) is 11.3 Å². The van der Waals surface area contributed by atoms with Gasteiger partial charge in [0.25, 0.3) is 0 Å². The molecule has 0 atom stereocenters. The normalized spacial score (nSPS) is 19.3. The first-order valence-electron chi connectivity index (χ1n) is 5.88. The van der Waals surface area contributed by atoms with Crippen LogP contribution < -0.4 is 10.6 Å². The summed E-state index contributed by atoms with van der Waals surface area (Å²) in [6, 6.07) is 0. The molecule has 2 aliphatic rings. The number of carbonyl (C=O) groups is 1. The summed E-state index contributed by atoms with van der Waals surface area (Å²) in [5.41, 5.74) is 2.74. The van der Waals surface area contributed by atoms with Gasteiger partial charge in [0.15, 0.2) is 0 Å². The van der Waals surface area contributed by atoms with Crippen LogP contribution in [-0.4, -0.2) is 12.5 Å². The smallest absolute Gasteiger partial charge is 0.228 e. The molecule has 1 fully saturated rings. The summed E-state index contributed by atoms with van der Waals surface area (Å²) in [5, 5.41) is 7.52. The van der Waals surface area contributed by atoms with Gasteiger partial charge in [-0.05, 0) is 43.9 Å². The van der Waals surface area contributed by atoms with Gasteiger partial charge in [0.1, 0.15) is 0 Å². The molecule has 2 heterocycles. The number of nitrogens with one attached hydrogen (secondary N) is 2. The summed E-state index contributed by atoms with van der Waals surface area (Å²) in [6.45, 7) is 4.14. The molecule has 0 aromatic carbocycles. The van der Waals surface area contributed by atoms with Crippen LogP contribution in [0.15, 0.2) is 0 Å². The van der Waals surface area contributed by atoms with Crippen molar-refractivity contribution in [1.82, 2.24) is 5.32 Å². The van der Waals surface area contributed by atoms with E-state index in [9.17, 15) is 4.79 Å². The summed E-state index contributed by atoms with van der Waals surface area (Å²) in [6.07, 6.45) is 3.23. The molecule has 1 amide bonds.